The molecule has 0 radical (unpaired) electrons. The highest BCUT2D eigenvalue weighted by atomic mass is 32.1. The zero-order chi connectivity index (χ0) is 16.9. The van der Waals surface area contributed by atoms with E-state index >= 15 is 0 Å². The molecule has 0 aromatic heterocycles. The van der Waals surface area contributed by atoms with Gasteiger partial charge in [-0.2, -0.15) is 0 Å². The average molecular weight is 345 g/mol. The second-order valence-corrected chi connectivity index (χ2v) is 6.84. The molecule has 1 saturated heterocycles. The SMILES string of the molecule is O=C(CN1C(=O)C2CCCCC2NC1=S)NCCc1ccccc1. The number of carbonyl (C=O) groups excluding carboxylic acids is 2. The molecule has 1 aliphatic carbocycles. The Labute approximate surface area is 147 Å². The van der Waals surface area contributed by atoms with Crippen molar-refractivity contribution in [1.29, 1.82) is 0 Å². The summed E-state index contributed by atoms with van der Waals surface area (Å²) in [5.41, 5.74) is 1.18. The lowest BCUT2D eigenvalue weighted by atomic mass is 9.82. The quantitative estimate of drug-likeness (QED) is 0.796. The molecule has 2 amide bonds. The van der Waals surface area contributed by atoms with Crippen LogP contribution in [-0.2, 0) is 16.0 Å². The van der Waals surface area contributed by atoms with Gasteiger partial charge in [-0.25, -0.2) is 0 Å². The number of thiocarbonyl (C=S) groups is 1. The van der Waals surface area contributed by atoms with Crippen molar-refractivity contribution in [3.8, 4) is 0 Å². The number of nitrogens with zero attached hydrogens (tertiary/aromatic N) is 1. The smallest absolute Gasteiger partial charge is 0.240 e. The summed E-state index contributed by atoms with van der Waals surface area (Å²) >= 11 is 5.29. The first-order valence-corrected chi connectivity index (χ1v) is 8.98. The summed E-state index contributed by atoms with van der Waals surface area (Å²) < 4.78 is 0. The maximum atomic E-state index is 12.6. The molecule has 5 nitrogen and oxygen atoms in total. The lowest BCUT2D eigenvalue weighted by molar-refractivity contribution is -0.138. The minimum atomic E-state index is -0.169. The van der Waals surface area contributed by atoms with Crippen LogP contribution in [0.25, 0.3) is 0 Å². The van der Waals surface area contributed by atoms with Crippen molar-refractivity contribution in [2.24, 2.45) is 5.92 Å². The van der Waals surface area contributed by atoms with Gasteiger partial charge in [-0.05, 0) is 37.0 Å². The highest BCUT2D eigenvalue weighted by molar-refractivity contribution is 7.80. The molecule has 2 N–H and O–H groups in total. The predicted octanol–water partition coefficient (Wildman–Crippen LogP) is 1.62. The van der Waals surface area contributed by atoms with Crippen molar-refractivity contribution < 1.29 is 9.59 Å². The van der Waals surface area contributed by atoms with E-state index in [2.05, 4.69) is 10.6 Å². The Morgan fingerprint density at radius 2 is 2.00 bits per heavy atom. The summed E-state index contributed by atoms with van der Waals surface area (Å²) in [6.07, 6.45) is 4.83. The van der Waals surface area contributed by atoms with E-state index in [1.165, 1.54) is 10.5 Å². The first-order valence-electron chi connectivity index (χ1n) is 8.57. The number of fused-ring (bicyclic) bond motifs is 1. The summed E-state index contributed by atoms with van der Waals surface area (Å²) in [5, 5.41) is 6.50. The molecule has 1 heterocycles. The molecular weight excluding hydrogens is 322 g/mol. The summed E-state index contributed by atoms with van der Waals surface area (Å²) in [7, 11) is 0. The highest BCUT2D eigenvalue weighted by Crippen LogP contribution is 2.29. The molecule has 6 heteroatoms. The number of hydrogen-bond donors (Lipinski definition) is 2. The number of amides is 2. The summed E-state index contributed by atoms with van der Waals surface area (Å²) in [6.45, 7) is 0.555. The zero-order valence-electron chi connectivity index (χ0n) is 13.7. The molecular formula is C18H23N3O2S. The molecule has 0 bridgehead atoms. The standard InChI is InChI=1S/C18H23N3O2S/c22-16(19-11-10-13-6-2-1-3-7-13)12-21-17(23)14-8-4-5-9-15(14)20-18(21)24/h1-3,6-7,14-15H,4-5,8-12H2,(H,19,22)(H,20,24). The topological polar surface area (TPSA) is 61.4 Å². The third kappa shape index (κ3) is 3.93. The van der Waals surface area contributed by atoms with Crippen LogP contribution in [0.2, 0.25) is 0 Å². The third-order valence-corrected chi connectivity index (χ3v) is 5.12. The molecule has 0 spiro atoms. The normalized spacial score (nSPS) is 23.4. The predicted molar refractivity (Wildman–Crippen MR) is 96.3 cm³/mol. The van der Waals surface area contributed by atoms with Crippen molar-refractivity contribution in [2.75, 3.05) is 13.1 Å². The van der Waals surface area contributed by atoms with E-state index in [0.29, 0.717) is 11.7 Å². The van der Waals surface area contributed by atoms with Gasteiger partial charge in [-0.1, -0.05) is 43.2 Å². The summed E-state index contributed by atoms with van der Waals surface area (Å²) in [4.78, 5) is 26.2. The van der Waals surface area contributed by atoms with Crippen LogP contribution in [0.5, 0.6) is 0 Å². The van der Waals surface area contributed by atoms with Crippen molar-refractivity contribution in [3.05, 3.63) is 35.9 Å². The minimum Gasteiger partial charge on any atom is -0.359 e. The Balaban J connectivity index is 1.50. The van der Waals surface area contributed by atoms with Crippen LogP contribution in [-0.4, -0.2) is 41.0 Å². The third-order valence-electron chi connectivity index (χ3n) is 4.78. The van der Waals surface area contributed by atoms with E-state index in [4.69, 9.17) is 12.2 Å². The molecule has 2 fully saturated rings. The molecule has 3 rings (SSSR count). The molecule has 128 valence electrons. The van der Waals surface area contributed by atoms with E-state index < -0.39 is 0 Å². The Bertz CT molecular complexity index is 620. The monoisotopic (exact) mass is 345 g/mol. The molecule has 1 aliphatic heterocycles. The van der Waals surface area contributed by atoms with Crippen molar-refractivity contribution in [3.63, 3.8) is 0 Å². The van der Waals surface area contributed by atoms with Crippen molar-refractivity contribution in [2.45, 2.75) is 38.1 Å². The van der Waals surface area contributed by atoms with E-state index in [0.717, 1.165) is 32.1 Å². The summed E-state index contributed by atoms with van der Waals surface area (Å²) in [6, 6.07) is 10.1. The minimum absolute atomic E-state index is 0.00154. The van der Waals surface area contributed by atoms with Gasteiger partial charge in [0.1, 0.15) is 6.54 Å². The Morgan fingerprint density at radius 1 is 1.25 bits per heavy atom. The van der Waals surface area contributed by atoms with Gasteiger partial charge in [0.05, 0.1) is 5.92 Å². The fourth-order valence-corrected chi connectivity index (χ4v) is 3.78. The number of carbonyl (C=O) groups is 2. The van der Waals surface area contributed by atoms with Crippen LogP contribution in [0.3, 0.4) is 0 Å². The van der Waals surface area contributed by atoms with Crippen LogP contribution >= 0.6 is 12.2 Å². The van der Waals surface area contributed by atoms with Gasteiger partial charge in [-0.3, -0.25) is 14.5 Å². The van der Waals surface area contributed by atoms with Gasteiger partial charge in [0, 0.05) is 12.6 Å². The fourth-order valence-electron chi connectivity index (χ4n) is 3.48. The van der Waals surface area contributed by atoms with Crippen molar-refractivity contribution >= 4 is 29.1 Å². The second-order valence-electron chi connectivity index (χ2n) is 6.46. The van der Waals surface area contributed by atoms with E-state index in [9.17, 15) is 9.59 Å². The fraction of sp³-hybridized carbons (Fsp3) is 0.500. The number of nitrogens with one attached hydrogen (secondary N) is 2. The molecule has 1 aromatic carbocycles. The van der Waals surface area contributed by atoms with Crippen LogP contribution < -0.4 is 10.6 Å². The second kappa shape index (κ2) is 7.75. The Morgan fingerprint density at radius 3 is 2.79 bits per heavy atom. The Hall–Kier alpha value is -1.95. The van der Waals surface area contributed by atoms with Crippen LogP contribution in [0, 0.1) is 5.92 Å². The highest BCUT2D eigenvalue weighted by Gasteiger charge is 2.40. The van der Waals surface area contributed by atoms with E-state index in [-0.39, 0.29) is 30.3 Å². The number of benzene rings is 1. The first-order chi connectivity index (χ1) is 11.6. The van der Waals surface area contributed by atoms with Crippen molar-refractivity contribution in [1.82, 2.24) is 15.5 Å². The Kier molecular flexibility index (Phi) is 5.45. The van der Waals surface area contributed by atoms with E-state index in [1.54, 1.807) is 0 Å². The van der Waals surface area contributed by atoms with E-state index in [1.807, 2.05) is 30.3 Å². The zero-order valence-corrected chi connectivity index (χ0v) is 14.5. The largest absolute Gasteiger partial charge is 0.359 e. The maximum Gasteiger partial charge on any atom is 0.240 e. The first kappa shape index (κ1) is 16.9. The molecule has 2 atom stereocenters. The lowest BCUT2D eigenvalue weighted by Gasteiger charge is -2.41. The van der Waals surface area contributed by atoms with Crippen LogP contribution in [0.4, 0.5) is 0 Å². The number of hydrogen-bond acceptors (Lipinski definition) is 3. The molecule has 1 aromatic rings. The number of rotatable bonds is 5. The molecule has 2 aliphatic rings. The maximum absolute atomic E-state index is 12.6. The molecule has 24 heavy (non-hydrogen) atoms. The van der Waals surface area contributed by atoms with Gasteiger partial charge in [0.25, 0.3) is 0 Å². The van der Waals surface area contributed by atoms with Gasteiger partial charge in [0.15, 0.2) is 5.11 Å². The van der Waals surface area contributed by atoms with Crippen LogP contribution in [0.1, 0.15) is 31.2 Å². The van der Waals surface area contributed by atoms with Gasteiger partial charge >= 0.3 is 0 Å². The summed E-state index contributed by atoms with van der Waals surface area (Å²) in [5.74, 6) is -0.207. The van der Waals surface area contributed by atoms with Gasteiger partial charge in [0.2, 0.25) is 11.8 Å². The van der Waals surface area contributed by atoms with Gasteiger partial charge in [-0.15, -0.1) is 0 Å². The van der Waals surface area contributed by atoms with Gasteiger partial charge < -0.3 is 10.6 Å². The lowest BCUT2D eigenvalue weighted by Crippen LogP contribution is -2.62. The molecule has 2 unspecified atom stereocenters. The van der Waals surface area contributed by atoms with Crippen LogP contribution in [0.15, 0.2) is 30.3 Å². The average Bonchev–Trinajstić information content (AvgIpc) is 2.59. The molecule has 1 saturated carbocycles.